The smallest absolute Gasteiger partial charge is 0.308 e. The molecule has 1 heterocycles. The monoisotopic (exact) mass is 228 g/mol. The van der Waals surface area contributed by atoms with Crippen molar-refractivity contribution >= 4 is 5.97 Å². The summed E-state index contributed by atoms with van der Waals surface area (Å²) in [7, 11) is 6.09. The van der Waals surface area contributed by atoms with Gasteiger partial charge in [-0.25, -0.2) is 0 Å². The minimum Gasteiger partial charge on any atom is -0.481 e. The standard InChI is InChI=1S/C12H24N2O2/c1-5-10(12(15)16)11(13(2)3)9-6-7-14(4)8-9/h9-11H,5-8H2,1-4H3,(H,15,16). The fourth-order valence-electron chi connectivity index (χ4n) is 2.92. The molecule has 3 atom stereocenters. The van der Waals surface area contributed by atoms with Crippen LogP contribution in [0.5, 0.6) is 0 Å². The van der Waals surface area contributed by atoms with Crippen LogP contribution in [0.2, 0.25) is 0 Å². The Labute approximate surface area is 98.2 Å². The van der Waals surface area contributed by atoms with E-state index in [-0.39, 0.29) is 12.0 Å². The molecule has 0 spiro atoms. The van der Waals surface area contributed by atoms with Crippen LogP contribution >= 0.6 is 0 Å². The van der Waals surface area contributed by atoms with Gasteiger partial charge in [-0.05, 0) is 46.4 Å². The Hall–Kier alpha value is -0.610. The molecule has 1 rings (SSSR count). The van der Waals surface area contributed by atoms with E-state index in [2.05, 4.69) is 16.8 Å². The maximum absolute atomic E-state index is 11.3. The quantitative estimate of drug-likeness (QED) is 0.762. The van der Waals surface area contributed by atoms with E-state index >= 15 is 0 Å². The fraction of sp³-hybridized carbons (Fsp3) is 0.917. The number of carboxylic acid groups (broad SMARTS) is 1. The predicted molar refractivity (Wildman–Crippen MR) is 64.5 cm³/mol. The molecule has 0 radical (unpaired) electrons. The summed E-state index contributed by atoms with van der Waals surface area (Å²) in [6.07, 6.45) is 1.82. The summed E-state index contributed by atoms with van der Waals surface area (Å²) < 4.78 is 0. The first kappa shape index (κ1) is 13.5. The minimum absolute atomic E-state index is 0.160. The van der Waals surface area contributed by atoms with Crippen molar-refractivity contribution in [1.82, 2.24) is 9.80 Å². The maximum atomic E-state index is 11.3. The first-order valence-corrected chi connectivity index (χ1v) is 6.05. The topological polar surface area (TPSA) is 43.8 Å². The molecule has 94 valence electrons. The molecular formula is C12H24N2O2. The zero-order valence-electron chi connectivity index (χ0n) is 10.8. The van der Waals surface area contributed by atoms with E-state index in [1.807, 2.05) is 21.0 Å². The number of nitrogens with zero attached hydrogens (tertiary/aromatic N) is 2. The number of hydrogen-bond donors (Lipinski definition) is 1. The summed E-state index contributed by atoms with van der Waals surface area (Å²) in [6, 6.07) is 0.160. The molecule has 3 unspecified atom stereocenters. The largest absolute Gasteiger partial charge is 0.481 e. The molecule has 4 nitrogen and oxygen atoms in total. The third-order valence-corrected chi connectivity index (χ3v) is 3.68. The number of rotatable bonds is 5. The van der Waals surface area contributed by atoms with Crippen molar-refractivity contribution in [3.8, 4) is 0 Å². The summed E-state index contributed by atoms with van der Waals surface area (Å²) in [5, 5.41) is 9.28. The van der Waals surface area contributed by atoms with E-state index in [0.717, 1.165) is 19.5 Å². The van der Waals surface area contributed by atoms with Crippen molar-refractivity contribution in [2.24, 2.45) is 11.8 Å². The number of carbonyl (C=O) groups is 1. The average molecular weight is 228 g/mol. The highest BCUT2D eigenvalue weighted by Crippen LogP contribution is 2.28. The van der Waals surface area contributed by atoms with Crippen LogP contribution in [-0.2, 0) is 4.79 Å². The molecule has 1 aliphatic rings. The van der Waals surface area contributed by atoms with Crippen LogP contribution in [-0.4, -0.2) is 61.2 Å². The van der Waals surface area contributed by atoms with E-state index in [0.29, 0.717) is 12.3 Å². The molecule has 1 aliphatic heterocycles. The fourth-order valence-corrected chi connectivity index (χ4v) is 2.92. The minimum atomic E-state index is -0.657. The highest BCUT2D eigenvalue weighted by Gasteiger charge is 2.37. The van der Waals surface area contributed by atoms with Crippen LogP contribution in [0.15, 0.2) is 0 Å². The molecule has 1 fully saturated rings. The van der Waals surface area contributed by atoms with E-state index in [1.54, 1.807) is 0 Å². The van der Waals surface area contributed by atoms with E-state index in [1.165, 1.54) is 0 Å². The van der Waals surface area contributed by atoms with Gasteiger partial charge < -0.3 is 14.9 Å². The van der Waals surface area contributed by atoms with Gasteiger partial charge in [0.1, 0.15) is 0 Å². The van der Waals surface area contributed by atoms with Crippen LogP contribution in [0.4, 0.5) is 0 Å². The second kappa shape index (κ2) is 5.64. The van der Waals surface area contributed by atoms with Crippen LogP contribution < -0.4 is 0 Å². The number of likely N-dealkylation sites (tertiary alicyclic amines) is 1. The van der Waals surface area contributed by atoms with Gasteiger partial charge in [0.2, 0.25) is 0 Å². The molecule has 1 saturated heterocycles. The highest BCUT2D eigenvalue weighted by molar-refractivity contribution is 5.70. The lowest BCUT2D eigenvalue weighted by Gasteiger charge is -2.34. The number of carboxylic acids is 1. The first-order chi connectivity index (χ1) is 7.47. The third kappa shape index (κ3) is 2.95. The van der Waals surface area contributed by atoms with Crippen LogP contribution in [0, 0.1) is 11.8 Å². The van der Waals surface area contributed by atoms with Gasteiger partial charge in [0.05, 0.1) is 5.92 Å². The van der Waals surface area contributed by atoms with Gasteiger partial charge in [0, 0.05) is 12.6 Å². The van der Waals surface area contributed by atoms with Crippen molar-refractivity contribution in [3.63, 3.8) is 0 Å². The molecule has 0 bridgehead atoms. The summed E-state index contributed by atoms with van der Waals surface area (Å²) in [6.45, 7) is 4.08. The van der Waals surface area contributed by atoms with Gasteiger partial charge in [-0.2, -0.15) is 0 Å². The van der Waals surface area contributed by atoms with Crippen molar-refractivity contribution in [2.45, 2.75) is 25.8 Å². The molecule has 0 aliphatic carbocycles. The van der Waals surface area contributed by atoms with E-state index < -0.39 is 5.97 Å². The molecule has 0 aromatic carbocycles. The molecule has 0 aromatic heterocycles. The van der Waals surface area contributed by atoms with Gasteiger partial charge in [0.15, 0.2) is 0 Å². The molecule has 1 N–H and O–H groups in total. The first-order valence-electron chi connectivity index (χ1n) is 6.05. The molecule has 4 heteroatoms. The molecule has 0 aromatic rings. The van der Waals surface area contributed by atoms with E-state index in [9.17, 15) is 9.90 Å². The van der Waals surface area contributed by atoms with Crippen LogP contribution in [0.3, 0.4) is 0 Å². The maximum Gasteiger partial charge on any atom is 0.308 e. The summed E-state index contributed by atoms with van der Waals surface area (Å²) in [4.78, 5) is 15.7. The molecule has 0 saturated carbocycles. The van der Waals surface area contributed by atoms with Gasteiger partial charge in [-0.1, -0.05) is 6.92 Å². The Morgan fingerprint density at radius 2 is 2.19 bits per heavy atom. The second-order valence-electron chi connectivity index (χ2n) is 5.12. The summed E-state index contributed by atoms with van der Waals surface area (Å²) in [5.41, 5.74) is 0. The number of hydrogen-bond acceptors (Lipinski definition) is 3. The average Bonchev–Trinajstić information content (AvgIpc) is 2.59. The van der Waals surface area contributed by atoms with Crippen molar-refractivity contribution in [2.75, 3.05) is 34.2 Å². The Kier molecular flexibility index (Phi) is 4.74. The molecule has 16 heavy (non-hydrogen) atoms. The van der Waals surface area contributed by atoms with Gasteiger partial charge in [-0.15, -0.1) is 0 Å². The Balaban J connectivity index is 2.77. The lowest BCUT2D eigenvalue weighted by atomic mass is 9.85. The lowest BCUT2D eigenvalue weighted by molar-refractivity contribution is -0.145. The summed E-state index contributed by atoms with van der Waals surface area (Å²) >= 11 is 0. The van der Waals surface area contributed by atoms with Gasteiger partial charge in [-0.3, -0.25) is 4.79 Å². The SMILES string of the molecule is CCC(C(=O)O)C(C1CCN(C)C1)N(C)C. The molecule has 0 amide bonds. The van der Waals surface area contributed by atoms with Crippen LogP contribution in [0.25, 0.3) is 0 Å². The highest BCUT2D eigenvalue weighted by atomic mass is 16.4. The Morgan fingerprint density at radius 3 is 2.50 bits per heavy atom. The third-order valence-electron chi connectivity index (χ3n) is 3.68. The van der Waals surface area contributed by atoms with Gasteiger partial charge >= 0.3 is 5.97 Å². The molecular weight excluding hydrogens is 204 g/mol. The van der Waals surface area contributed by atoms with Crippen LogP contribution in [0.1, 0.15) is 19.8 Å². The Morgan fingerprint density at radius 1 is 1.56 bits per heavy atom. The van der Waals surface area contributed by atoms with Crippen molar-refractivity contribution in [1.29, 1.82) is 0 Å². The lowest BCUT2D eigenvalue weighted by Crippen LogP contribution is -2.45. The van der Waals surface area contributed by atoms with Crippen molar-refractivity contribution in [3.05, 3.63) is 0 Å². The number of aliphatic carboxylic acids is 1. The van der Waals surface area contributed by atoms with Gasteiger partial charge in [0.25, 0.3) is 0 Å². The predicted octanol–water partition coefficient (Wildman–Crippen LogP) is 0.979. The summed E-state index contributed by atoms with van der Waals surface area (Å²) in [5.74, 6) is -0.414. The zero-order chi connectivity index (χ0) is 12.3. The normalized spacial score (nSPS) is 25.9. The van der Waals surface area contributed by atoms with Crippen molar-refractivity contribution < 1.29 is 9.90 Å². The zero-order valence-corrected chi connectivity index (χ0v) is 10.8. The van der Waals surface area contributed by atoms with E-state index in [4.69, 9.17) is 0 Å². The second-order valence-corrected chi connectivity index (χ2v) is 5.12. The Bertz CT molecular complexity index is 243.